The SMILES string of the molecule is CCCN(C(=O)[C@H](Cc1ccccc1)NC(=O)NS(=O)(=O)c1ccccc1C)c1ccc(Cl)c(Cl)c1. The Morgan fingerprint density at radius 3 is 2.25 bits per heavy atom. The topological polar surface area (TPSA) is 95.6 Å². The summed E-state index contributed by atoms with van der Waals surface area (Å²) in [6.45, 7) is 3.90. The summed E-state index contributed by atoms with van der Waals surface area (Å²) >= 11 is 12.2. The quantitative estimate of drug-likeness (QED) is 0.377. The fraction of sp³-hybridized carbons (Fsp3) is 0.231. The fourth-order valence-electron chi connectivity index (χ4n) is 3.70. The molecule has 0 aliphatic rings. The smallest absolute Gasteiger partial charge is 0.325 e. The van der Waals surface area contributed by atoms with Crippen molar-refractivity contribution in [3.05, 3.63) is 94.0 Å². The molecule has 0 aliphatic heterocycles. The van der Waals surface area contributed by atoms with Gasteiger partial charge in [-0.3, -0.25) is 4.79 Å². The van der Waals surface area contributed by atoms with E-state index in [4.69, 9.17) is 23.2 Å². The van der Waals surface area contributed by atoms with Crippen molar-refractivity contribution in [1.82, 2.24) is 10.0 Å². The Morgan fingerprint density at radius 1 is 0.944 bits per heavy atom. The van der Waals surface area contributed by atoms with Gasteiger partial charge in [0.2, 0.25) is 5.91 Å². The summed E-state index contributed by atoms with van der Waals surface area (Å²) in [5.41, 5.74) is 1.80. The molecule has 10 heteroatoms. The summed E-state index contributed by atoms with van der Waals surface area (Å²) in [7, 11) is -4.15. The second kappa shape index (κ2) is 12.3. The number of nitrogens with one attached hydrogen (secondary N) is 2. The second-order valence-electron chi connectivity index (χ2n) is 8.18. The van der Waals surface area contributed by atoms with Crippen molar-refractivity contribution in [2.24, 2.45) is 0 Å². The molecule has 190 valence electrons. The molecule has 0 aromatic heterocycles. The van der Waals surface area contributed by atoms with E-state index >= 15 is 0 Å². The molecule has 36 heavy (non-hydrogen) atoms. The van der Waals surface area contributed by atoms with Gasteiger partial charge in [-0.2, -0.15) is 0 Å². The molecule has 0 saturated carbocycles. The third-order valence-electron chi connectivity index (χ3n) is 5.42. The fourth-order valence-corrected chi connectivity index (χ4v) is 5.16. The predicted octanol–water partition coefficient (Wildman–Crippen LogP) is 5.34. The number of benzene rings is 3. The Balaban J connectivity index is 1.89. The normalized spacial score (nSPS) is 12.0. The molecule has 3 amide bonds. The van der Waals surface area contributed by atoms with Gasteiger partial charge in [-0.15, -0.1) is 0 Å². The first kappa shape index (κ1) is 27.5. The lowest BCUT2D eigenvalue weighted by molar-refractivity contribution is -0.120. The van der Waals surface area contributed by atoms with E-state index in [2.05, 4.69) is 5.32 Å². The van der Waals surface area contributed by atoms with Gasteiger partial charge in [-0.1, -0.05) is 78.7 Å². The van der Waals surface area contributed by atoms with Crippen molar-refractivity contribution in [3.63, 3.8) is 0 Å². The molecule has 1 atom stereocenters. The van der Waals surface area contributed by atoms with Crippen LogP contribution in [0.4, 0.5) is 10.5 Å². The zero-order valence-corrected chi connectivity index (χ0v) is 22.2. The number of hydrogen-bond donors (Lipinski definition) is 2. The number of carbonyl (C=O) groups excluding carboxylic acids is 2. The van der Waals surface area contributed by atoms with Gasteiger partial charge in [0.15, 0.2) is 0 Å². The van der Waals surface area contributed by atoms with Crippen molar-refractivity contribution in [1.29, 1.82) is 0 Å². The molecule has 0 saturated heterocycles. The standard InChI is InChI=1S/C26H27Cl2N3O4S/c1-3-15-31(20-13-14-21(27)22(28)17-20)25(32)23(16-19-10-5-4-6-11-19)29-26(33)30-36(34,35)24-12-8-7-9-18(24)2/h4-14,17,23H,3,15-16H2,1-2H3,(H2,29,30,33)/t23-/m0/s1. The first-order chi connectivity index (χ1) is 17.1. The van der Waals surface area contributed by atoms with E-state index in [1.165, 1.54) is 11.0 Å². The van der Waals surface area contributed by atoms with Crippen LogP contribution in [0.25, 0.3) is 0 Å². The molecule has 0 radical (unpaired) electrons. The second-order valence-corrected chi connectivity index (χ2v) is 10.6. The van der Waals surface area contributed by atoms with Crippen LogP contribution in [0.5, 0.6) is 0 Å². The highest BCUT2D eigenvalue weighted by molar-refractivity contribution is 7.90. The van der Waals surface area contributed by atoms with E-state index in [-0.39, 0.29) is 16.3 Å². The molecule has 0 aliphatic carbocycles. The minimum atomic E-state index is -4.15. The van der Waals surface area contributed by atoms with Gasteiger partial charge in [0.25, 0.3) is 10.0 Å². The van der Waals surface area contributed by atoms with E-state index in [1.807, 2.05) is 42.0 Å². The monoisotopic (exact) mass is 547 g/mol. The minimum absolute atomic E-state index is 0.0190. The summed E-state index contributed by atoms with van der Waals surface area (Å²) in [6.07, 6.45) is 0.789. The number of aryl methyl sites for hydroxylation is 1. The molecule has 3 aromatic carbocycles. The largest absolute Gasteiger partial charge is 0.329 e. The molecule has 7 nitrogen and oxygen atoms in total. The number of halogens is 2. The highest BCUT2D eigenvalue weighted by Gasteiger charge is 2.29. The van der Waals surface area contributed by atoms with Crippen LogP contribution >= 0.6 is 23.2 Å². The Bertz CT molecular complexity index is 1330. The molecule has 0 bridgehead atoms. The number of sulfonamides is 1. The van der Waals surface area contributed by atoms with Crippen molar-refractivity contribution in [3.8, 4) is 0 Å². The number of nitrogens with zero attached hydrogens (tertiary/aromatic N) is 1. The zero-order chi connectivity index (χ0) is 26.3. The summed E-state index contributed by atoms with van der Waals surface area (Å²) in [6, 6.07) is 18.2. The Morgan fingerprint density at radius 2 is 1.61 bits per heavy atom. The van der Waals surface area contributed by atoms with Gasteiger partial charge in [0.05, 0.1) is 14.9 Å². The summed E-state index contributed by atoms with van der Waals surface area (Å²) in [4.78, 5) is 28.1. The van der Waals surface area contributed by atoms with Gasteiger partial charge in [-0.25, -0.2) is 17.9 Å². The van der Waals surface area contributed by atoms with E-state index in [1.54, 1.807) is 43.3 Å². The first-order valence-electron chi connectivity index (χ1n) is 11.3. The number of amides is 3. The lowest BCUT2D eigenvalue weighted by Crippen LogP contribution is -2.53. The average molecular weight is 548 g/mol. The van der Waals surface area contributed by atoms with Crippen LogP contribution in [-0.2, 0) is 21.2 Å². The van der Waals surface area contributed by atoms with Crippen molar-refractivity contribution >= 4 is 50.9 Å². The first-order valence-corrected chi connectivity index (χ1v) is 13.6. The lowest BCUT2D eigenvalue weighted by atomic mass is 10.0. The number of rotatable bonds is 9. The van der Waals surface area contributed by atoms with Crippen LogP contribution in [0, 0.1) is 6.92 Å². The van der Waals surface area contributed by atoms with Gasteiger partial charge in [0, 0.05) is 18.7 Å². The van der Waals surface area contributed by atoms with Gasteiger partial charge in [-0.05, 0) is 48.7 Å². The van der Waals surface area contributed by atoms with Gasteiger partial charge in [0.1, 0.15) is 6.04 Å². The zero-order valence-electron chi connectivity index (χ0n) is 19.9. The van der Waals surface area contributed by atoms with Crippen LogP contribution < -0.4 is 14.9 Å². The van der Waals surface area contributed by atoms with E-state index in [0.29, 0.717) is 29.2 Å². The van der Waals surface area contributed by atoms with Crippen LogP contribution in [0.2, 0.25) is 10.0 Å². The molecule has 0 unspecified atom stereocenters. The molecule has 2 N–H and O–H groups in total. The maximum Gasteiger partial charge on any atom is 0.329 e. The van der Waals surface area contributed by atoms with E-state index in [0.717, 1.165) is 5.56 Å². The van der Waals surface area contributed by atoms with Gasteiger partial charge < -0.3 is 10.2 Å². The third-order valence-corrected chi connectivity index (χ3v) is 7.65. The van der Waals surface area contributed by atoms with Crippen LogP contribution in [0.3, 0.4) is 0 Å². The van der Waals surface area contributed by atoms with E-state index in [9.17, 15) is 18.0 Å². The number of anilines is 1. The number of carbonyl (C=O) groups is 2. The Hall–Kier alpha value is -3.07. The van der Waals surface area contributed by atoms with Crippen molar-refractivity contribution in [2.75, 3.05) is 11.4 Å². The van der Waals surface area contributed by atoms with E-state index < -0.39 is 28.0 Å². The maximum absolute atomic E-state index is 13.7. The Labute approximate surface area is 221 Å². The number of urea groups is 1. The predicted molar refractivity (Wildman–Crippen MR) is 143 cm³/mol. The van der Waals surface area contributed by atoms with Crippen molar-refractivity contribution in [2.45, 2.75) is 37.6 Å². The molecule has 0 fully saturated rings. The average Bonchev–Trinajstić information content (AvgIpc) is 2.84. The molecule has 3 aromatic rings. The van der Waals surface area contributed by atoms with Crippen LogP contribution in [0.15, 0.2) is 77.7 Å². The van der Waals surface area contributed by atoms with Crippen LogP contribution in [-0.4, -0.2) is 32.9 Å². The minimum Gasteiger partial charge on any atom is -0.325 e. The number of hydrogen-bond acceptors (Lipinski definition) is 4. The highest BCUT2D eigenvalue weighted by atomic mass is 35.5. The molecular weight excluding hydrogens is 521 g/mol. The van der Waals surface area contributed by atoms with Crippen LogP contribution in [0.1, 0.15) is 24.5 Å². The molecular formula is C26H27Cl2N3O4S. The summed E-state index contributed by atoms with van der Waals surface area (Å²) < 4.78 is 27.6. The summed E-state index contributed by atoms with van der Waals surface area (Å²) in [5, 5.41) is 3.21. The maximum atomic E-state index is 13.7. The molecule has 0 spiro atoms. The summed E-state index contributed by atoms with van der Waals surface area (Å²) in [5.74, 6) is -0.414. The Kier molecular flexibility index (Phi) is 9.37. The highest BCUT2D eigenvalue weighted by Crippen LogP contribution is 2.28. The molecule has 3 rings (SSSR count). The third kappa shape index (κ3) is 7.00. The van der Waals surface area contributed by atoms with Crippen molar-refractivity contribution < 1.29 is 18.0 Å². The lowest BCUT2D eigenvalue weighted by Gasteiger charge is -2.28. The van der Waals surface area contributed by atoms with Gasteiger partial charge >= 0.3 is 6.03 Å². The molecule has 0 heterocycles.